The van der Waals surface area contributed by atoms with E-state index in [0.29, 0.717) is 11.0 Å². The van der Waals surface area contributed by atoms with Gasteiger partial charge in [0.15, 0.2) is 5.69 Å². The number of fused-ring (bicyclic) bond motifs is 1. The molecule has 0 aliphatic carbocycles. The van der Waals surface area contributed by atoms with Gasteiger partial charge in [0.25, 0.3) is 0 Å². The predicted molar refractivity (Wildman–Crippen MR) is 50.3 cm³/mol. The molecule has 0 N–H and O–H groups in total. The van der Waals surface area contributed by atoms with Gasteiger partial charge in [-0.3, -0.25) is 4.98 Å². The molecule has 76 valence electrons. The van der Waals surface area contributed by atoms with Crippen molar-refractivity contribution in [2.45, 2.75) is 0 Å². The molecule has 0 atom stereocenters. The summed E-state index contributed by atoms with van der Waals surface area (Å²) in [4.78, 5) is 18.8. The fraction of sp³-hybridized carbons (Fsp3) is 0.100. The number of carbonyl (C=O) groups excluding carboxylic acids is 1. The van der Waals surface area contributed by atoms with Crippen molar-refractivity contribution >= 4 is 17.0 Å². The molecule has 0 amide bonds. The minimum atomic E-state index is -0.766. The standard InChI is InChI=1S/C10H8N2O3/c1-15-10(14)8-9(13)12-7-5-3-2-4-6(7)11-8/h2-5H,1H3,(H,12,13)/p-1. The van der Waals surface area contributed by atoms with Gasteiger partial charge in [-0.1, -0.05) is 12.1 Å². The molecule has 2 rings (SSSR count). The number of methoxy groups -OCH3 is 1. The molecule has 1 aromatic heterocycles. The molecule has 5 heteroatoms. The van der Waals surface area contributed by atoms with Crippen molar-refractivity contribution in [1.82, 2.24) is 9.97 Å². The maximum atomic E-state index is 11.4. The Morgan fingerprint density at radius 1 is 1.27 bits per heavy atom. The summed E-state index contributed by atoms with van der Waals surface area (Å²) >= 11 is 0. The molecule has 0 saturated carbocycles. The van der Waals surface area contributed by atoms with Crippen LogP contribution in [0.25, 0.3) is 11.0 Å². The Kier molecular flexibility index (Phi) is 2.21. The van der Waals surface area contributed by atoms with Crippen molar-refractivity contribution in [3.8, 4) is 5.88 Å². The number of hydrogen-bond donors (Lipinski definition) is 0. The normalized spacial score (nSPS) is 10.2. The van der Waals surface area contributed by atoms with Gasteiger partial charge in [-0.25, -0.2) is 9.78 Å². The van der Waals surface area contributed by atoms with Crippen LogP contribution in [0.4, 0.5) is 0 Å². The highest BCUT2D eigenvalue weighted by molar-refractivity contribution is 5.91. The average molecular weight is 203 g/mol. The van der Waals surface area contributed by atoms with Gasteiger partial charge >= 0.3 is 5.97 Å². The quantitative estimate of drug-likeness (QED) is 0.630. The number of rotatable bonds is 1. The highest BCUT2D eigenvalue weighted by Crippen LogP contribution is 2.15. The zero-order valence-electron chi connectivity index (χ0n) is 7.93. The first-order valence-electron chi connectivity index (χ1n) is 4.24. The van der Waals surface area contributed by atoms with Gasteiger partial charge in [-0.15, -0.1) is 0 Å². The fourth-order valence-corrected chi connectivity index (χ4v) is 1.21. The van der Waals surface area contributed by atoms with E-state index in [-0.39, 0.29) is 5.69 Å². The van der Waals surface area contributed by atoms with Crippen molar-refractivity contribution in [3.05, 3.63) is 30.0 Å². The van der Waals surface area contributed by atoms with Crippen molar-refractivity contribution < 1.29 is 14.6 Å². The minimum absolute atomic E-state index is 0.281. The predicted octanol–water partition coefficient (Wildman–Crippen LogP) is 0.490. The summed E-state index contributed by atoms with van der Waals surface area (Å²) < 4.78 is 4.42. The van der Waals surface area contributed by atoms with E-state index in [1.165, 1.54) is 7.11 Å². The Labute approximate surface area is 85.4 Å². The third kappa shape index (κ3) is 1.59. The second kappa shape index (κ2) is 3.53. The highest BCUT2D eigenvalue weighted by Gasteiger charge is 2.10. The molecule has 1 heterocycles. The molecule has 0 bridgehead atoms. The molecular formula is C10H7N2O3-. The van der Waals surface area contributed by atoms with E-state index in [0.717, 1.165) is 0 Å². The van der Waals surface area contributed by atoms with E-state index in [4.69, 9.17) is 0 Å². The van der Waals surface area contributed by atoms with E-state index in [2.05, 4.69) is 14.7 Å². The number of nitrogens with zero attached hydrogens (tertiary/aromatic N) is 2. The number of benzene rings is 1. The van der Waals surface area contributed by atoms with Crippen LogP contribution in [0.15, 0.2) is 24.3 Å². The monoisotopic (exact) mass is 203 g/mol. The van der Waals surface area contributed by atoms with Crippen LogP contribution < -0.4 is 5.11 Å². The maximum Gasteiger partial charge on any atom is 0.357 e. The van der Waals surface area contributed by atoms with E-state index < -0.39 is 11.8 Å². The third-order valence-corrected chi connectivity index (χ3v) is 1.92. The molecule has 0 saturated heterocycles. The van der Waals surface area contributed by atoms with Crippen LogP contribution in [0, 0.1) is 0 Å². The molecule has 0 spiro atoms. The Balaban J connectivity index is 2.67. The molecule has 1 aromatic carbocycles. The summed E-state index contributed by atoms with van der Waals surface area (Å²) in [5.41, 5.74) is 0.684. The summed E-state index contributed by atoms with van der Waals surface area (Å²) in [7, 11) is 1.19. The molecule has 0 fully saturated rings. The molecule has 0 unspecified atom stereocenters. The molecular weight excluding hydrogens is 196 g/mol. The van der Waals surface area contributed by atoms with Gasteiger partial charge in [0.1, 0.15) is 0 Å². The maximum absolute atomic E-state index is 11.4. The second-order valence-electron chi connectivity index (χ2n) is 2.86. The van der Waals surface area contributed by atoms with Crippen LogP contribution in [0.3, 0.4) is 0 Å². The van der Waals surface area contributed by atoms with Gasteiger partial charge in [-0.05, 0) is 12.1 Å². The van der Waals surface area contributed by atoms with E-state index >= 15 is 0 Å². The number of ether oxygens (including phenoxy) is 1. The molecule has 15 heavy (non-hydrogen) atoms. The Hall–Kier alpha value is -2.17. The van der Waals surface area contributed by atoms with E-state index in [1.54, 1.807) is 24.3 Å². The van der Waals surface area contributed by atoms with Crippen LogP contribution in [0.2, 0.25) is 0 Å². The SMILES string of the molecule is COC(=O)c1nc2ccccc2nc1[O-]. The Morgan fingerprint density at radius 2 is 1.87 bits per heavy atom. The first-order chi connectivity index (χ1) is 7.22. The zero-order valence-corrected chi connectivity index (χ0v) is 7.93. The van der Waals surface area contributed by atoms with Crippen LogP contribution in [0.1, 0.15) is 10.5 Å². The molecule has 2 aromatic rings. The summed E-state index contributed by atoms with van der Waals surface area (Å²) in [6, 6.07) is 6.83. The lowest BCUT2D eigenvalue weighted by Crippen LogP contribution is -2.11. The van der Waals surface area contributed by atoms with Crippen LogP contribution in [-0.2, 0) is 4.74 Å². The Bertz CT molecular complexity index is 525. The van der Waals surface area contributed by atoms with Crippen LogP contribution in [-0.4, -0.2) is 23.0 Å². The number of aromatic nitrogens is 2. The molecule has 5 nitrogen and oxygen atoms in total. The molecule has 0 aliphatic rings. The zero-order chi connectivity index (χ0) is 10.8. The summed E-state index contributed by atoms with van der Waals surface area (Å²) in [6.07, 6.45) is 0. The van der Waals surface area contributed by atoms with Crippen molar-refractivity contribution in [2.24, 2.45) is 0 Å². The van der Waals surface area contributed by atoms with Gasteiger partial charge in [-0.2, -0.15) is 0 Å². The van der Waals surface area contributed by atoms with Gasteiger partial charge in [0, 0.05) is 5.88 Å². The van der Waals surface area contributed by atoms with E-state index in [9.17, 15) is 9.90 Å². The summed E-state index contributed by atoms with van der Waals surface area (Å²) in [5.74, 6) is -1.43. The minimum Gasteiger partial charge on any atom is -0.857 e. The first kappa shape index (κ1) is 9.39. The number of hydrogen-bond acceptors (Lipinski definition) is 5. The van der Waals surface area contributed by atoms with E-state index in [1.807, 2.05) is 0 Å². The Morgan fingerprint density at radius 3 is 2.47 bits per heavy atom. The lowest BCUT2D eigenvalue weighted by atomic mass is 10.3. The number of carbonyl (C=O) groups is 1. The fourth-order valence-electron chi connectivity index (χ4n) is 1.21. The van der Waals surface area contributed by atoms with Gasteiger partial charge < -0.3 is 9.84 Å². The third-order valence-electron chi connectivity index (χ3n) is 1.92. The largest absolute Gasteiger partial charge is 0.857 e. The van der Waals surface area contributed by atoms with Gasteiger partial charge in [0.05, 0.1) is 18.1 Å². The topological polar surface area (TPSA) is 75.1 Å². The smallest absolute Gasteiger partial charge is 0.357 e. The van der Waals surface area contributed by atoms with Crippen molar-refractivity contribution in [3.63, 3.8) is 0 Å². The molecule has 0 radical (unpaired) electrons. The number of para-hydroxylation sites is 2. The van der Waals surface area contributed by atoms with Crippen LogP contribution >= 0.6 is 0 Å². The molecule has 0 aliphatic heterocycles. The second-order valence-corrected chi connectivity index (χ2v) is 2.86. The lowest BCUT2D eigenvalue weighted by molar-refractivity contribution is -0.275. The average Bonchev–Trinajstić information content (AvgIpc) is 2.27. The van der Waals surface area contributed by atoms with Crippen LogP contribution in [0.5, 0.6) is 5.88 Å². The van der Waals surface area contributed by atoms with Gasteiger partial charge in [0.2, 0.25) is 0 Å². The van der Waals surface area contributed by atoms with Crippen molar-refractivity contribution in [1.29, 1.82) is 0 Å². The number of esters is 1. The first-order valence-corrected chi connectivity index (χ1v) is 4.24. The highest BCUT2D eigenvalue weighted by atomic mass is 16.5. The lowest BCUT2D eigenvalue weighted by Gasteiger charge is -2.10. The summed E-state index contributed by atoms with van der Waals surface area (Å²) in [6.45, 7) is 0. The summed E-state index contributed by atoms with van der Waals surface area (Å²) in [5, 5.41) is 11.4. The van der Waals surface area contributed by atoms with Crippen molar-refractivity contribution in [2.75, 3.05) is 7.11 Å².